The summed E-state index contributed by atoms with van der Waals surface area (Å²) in [5, 5.41) is 3.33. The summed E-state index contributed by atoms with van der Waals surface area (Å²) in [4.78, 5) is 11.3. The normalized spacial score (nSPS) is 23.9. The summed E-state index contributed by atoms with van der Waals surface area (Å²) in [5.74, 6) is 4.48. The van der Waals surface area contributed by atoms with Crippen molar-refractivity contribution in [3.63, 3.8) is 0 Å². The summed E-state index contributed by atoms with van der Waals surface area (Å²) in [6.07, 6.45) is -3.02. The van der Waals surface area contributed by atoms with Crippen molar-refractivity contribution in [2.75, 3.05) is 19.6 Å². The molecular formula is C8H14F3N3O. The topological polar surface area (TPSA) is 58.4 Å². The Morgan fingerprint density at radius 2 is 2.20 bits per heavy atom. The van der Waals surface area contributed by atoms with E-state index in [1.54, 1.807) is 0 Å². The van der Waals surface area contributed by atoms with E-state index in [9.17, 15) is 18.0 Å². The lowest BCUT2D eigenvalue weighted by atomic mass is 9.98. The number of rotatable bonds is 2. The van der Waals surface area contributed by atoms with E-state index < -0.39 is 24.5 Å². The van der Waals surface area contributed by atoms with Crippen LogP contribution in [0.4, 0.5) is 13.2 Å². The monoisotopic (exact) mass is 225 g/mol. The van der Waals surface area contributed by atoms with E-state index in [2.05, 4.69) is 0 Å². The zero-order valence-corrected chi connectivity index (χ0v) is 8.18. The maximum Gasteiger partial charge on any atom is 0.405 e. The molecule has 0 radical (unpaired) electrons. The van der Waals surface area contributed by atoms with Gasteiger partial charge in [0.1, 0.15) is 6.54 Å². The first-order chi connectivity index (χ1) is 6.88. The Hall–Kier alpha value is -0.820. The Morgan fingerprint density at radius 3 is 2.73 bits per heavy atom. The number of nitrogens with two attached hydrogens (primary N) is 1. The molecule has 1 atom stereocenters. The van der Waals surface area contributed by atoms with E-state index in [-0.39, 0.29) is 0 Å². The third-order valence-electron chi connectivity index (χ3n) is 2.29. The number of amides is 1. The molecule has 0 aromatic rings. The van der Waals surface area contributed by atoms with Gasteiger partial charge in [-0.2, -0.15) is 13.2 Å². The lowest BCUT2D eigenvalue weighted by molar-refractivity contribution is -0.141. The lowest BCUT2D eigenvalue weighted by Crippen LogP contribution is -2.47. The van der Waals surface area contributed by atoms with Gasteiger partial charge in [0.15, 0.2) is 0 Å². The molecular weight excluding hydrogens is 211 g/mol. The number of nitrogens with zero attached hydrogens (tertiary/aromatic N) is 1. The highest BCUT2D eigenvalue weighted by Crippen LogP contribution is 2.16. The highest BCUT2D eigenvalue weighted by atomic mass is 19.4. The van der Waals surface area contributed by atoms with Crippen LogP contribution in [0.25, 0.3) is 0 Å². The summed E-state index contributed by atoms with van der Waals surface area (Å²) >= 11 is 0. The second kappa shape index (κ2) is 4.80. The lowest BCUT2D eigenvalue weighted by Gasteiger charge is -2.28. The van der Waals surface area contributed by atoms with Gasteiger partial charge in [0.25, 0.3) is 0 Å². The van der Waals surface area contributed by atoms with Crippen LogP contribution in [0.2, 0.25) is 0 Å². The molecule has 0 aromatic carbocycles. The van der Waals surface area contributed by atoms with E-state index in [0.29, 0.717) is 19.5 Å². The summed E-state index contributed by atoms with van der Waals surface area (Å²) in [5.41, 5.74) is 0. The van der Waals surface area contributed by atoms with Crippen LogP contribution in [0, 0.1) is 5.92 Å². The highest BCUT2D eigenvalue weighted by molar-refractivity contribution is 5.78. The minimum Gasteiger partial charge on any atom is -0.347 e. The smallest absolute Gasteiger partial charge is 0.347 e. The second-order valence-corrected chi connectivity index (χ2v) is 3.67. The molecule has 0 saturated carbocycles. The van der Waals surface area contributed by atoms with Crippen LogP contribution in [-0.4, -0.2) is 36.7 Å². The molecule has 3 N–H and O–H groups in total. The number of carbonyl (C=O) groups is 1. The van der Waals surface area contributed by atoms with Gasteiger partial charge >= 0.3 is 6.18 Å². The maximum atomic E-state index is 11.8. The van der Waals surface area contributed by atoms with Crippen molar-refractivity contribution in [1.29, 1.82) is 0 Å². The molecule has 15 heavy (non-hydrogen) atoms. The maximum absolute atomic E-state index is 11.8. The van der Waals surface area contributed by atoms with E-state index in [1.807, 2.05) is 5.32 Å². The quantitative estimate of drug-likeness (QED) is 0.662. The molecule has 1 heterocycles. The van der Waals surface area contributed by atoms with Crippen LogP contribution >= 0.6 is 0 Å². The Balaban J connectivity index is 2.33. The molecule has 1 aliphatic heterocycles. The fourth-order valence-electron chi connectivity index (χ4n) is 1.55. The van der Waals surface area contributed by atoms with Crippen LogP contribution in [0.3, 0.4) is 0 Å². The summed E-state index contributed by atoms with van der Waals surface area (Å²) in [7, 11) is 0. The van der Waals surface area contributed by atoms with Crippen molar-refractivity contribution in [3.05, 3.63) is 0 Å². The standard InChI is InChI=1S/C8H14F3N3O/c9-8(10,11)5-13-7(15)6-2-1-3-14(12)4-6/h6H,1-5,12H2,(H,13,15)/t6-/m1/s1. The number of carbonyl (C=O) groups excluding carboxylic acids is 1. The van der Waals surface area contributed by atoms with Gasteiger partial charge < -0.3 is 5.32 Å². The van der Waals surface area contributed by atoms with Crippen LogP contribution in [0.5, 0.6) is 0 Å². The SMILES string of the molecule is NN1CCC[C@@H](C(=O)NCC(F)(F)F)C1. The van der Waals surface area contributed by atoms with Crippen LogP contribution < -0.4 is 11.2 Å². The first-order valence-electron chi connectivity index (χ1n) is 4.72. The van der Waals surface area contributed by atoms with Crippen molar-refractivity contribution in [2.45, 2.75) is 19.0 Å². The number of hydrogen-bond acceptors (Lipinski definition) is 3. The third-order valence-corrected chi connectivity index (χ3v) is 2.29. The number of hydrazine groups is 1. The van der Waals surface area contributed by atoms with Gasteiger partial charge in [0, 0.05) is 13.1 Å². The number of nitrogens with one attached hydrogen (secondary N) is 1. The average molecular weight is 225 g/mol. The Labute approximate surface area is 85.6 Å². The molecule has 0 spiro atoms. The molecule has 4 nitrogen and oxygen atoms in total. The van der Waals surface area contributed by atoms with Crippen molar-refractivity contribution in [2.24, 2.45) is 11.8 Å². The van der Waals surface area contributed by atoms with E-state index in [4.69, 9.17) is 5.84 Å². The molecule has 1 rings (SSSR count). The van der Waals surface area contributed by atoms with Crippen molar-refractivity contribution >= 4 is 5.91 Å². The second-order valence-electron chi connectivity index (χ2n) is 3.67. The first-order valence-corrected chi connectivity index (χ1v) is 4.72. The minimum absolute atomic E-state index is 0.323. The van der Waals surface area contributed by atoms with Crippen molar-refractivity contribution in [1.82, 2.24) is 10.3 Å². The molecule has 0 unspecified atom stereocenters. The largest absolute Gasteiger partial charge is 0.405 e. The summed E-state index contributed by atoms with van der Waals surface area (Å²) < 4.78 is 35.4. The predicted molar refractivity (Wildman–Crippen MR) is 47.5 cm³/mol. The fourth-order valence-corrected chi connectivity index (χ4v) is 1.55. The first kappa shape index (κ1) is 12.3. The number of piperidine rings is 1. The van der Waals surface area contributed by atoms with E-state index >= 15 is 0 Å². The minimum atomic E-state index is -4.35. The molecule has 1 amide bonds. The van der Waals surface area contributed by atoms with Gasteiger partial charge in [-0.15, -0.1) is 0 Å². The van der Waals surface area contributed by atoms with Gasteiger partial charge in [0.2, 0.25) is 5.91 Å². The molecule has 0 aliphatic carbocycles. The molecule has 0 bridgehead atoms. The molecule has 1 aliphatic rings. The number of halogens is 3. The van der Waals surface area contributed by atoms with Crippen LogP contribution in [-0.2, 0) is 4.79 Å². The summed E-state index contributed by atoms with van der Waals surface area (Å²) in [6.45, 7) is -0.264. The molecule has 7 heteroatoms. The van der Waals surface area contributed by atoms with Gasteiger partial charge in [-0.3, -0.25) is 10.6 Å². The molecule has 88 valence electrons. The third kappa shape index (κ3) is 4.48. The van der Waals surface area contributed by atoms with Gasteiger partial charge in [-0.1, -0.05) is 0 Å². The van der Waals surface area contributed by atoms with E-state index in [1.165, 1.54) is 5.01 Å². The highest BCUT2D eigenvalue weighted by Gasteiger charge is 2.30. The van der Waals surface area contributed by atoms with Gasteiger partial charge in [-0.05, 0) is 12.8 Å². The summed E-state index contributed by atoms with van der Waals surface area (Å²) in [6, 6.07) is 0. The zero-order chi connectivity index (χ0) is 11.5. The average Bonchev–Trinajstić information content (AvgIpc) is 2.13. The Bertz CT molecular complexity index is 232. The number of alkyl halides is 3. The Morgan fingerprint density at radius 1 is 1.53 bits per heavy atom. The molecule has 1 saturated heterocycles. The van der Waals surface area contributed by atoms with Gasteiger partial charge in [0.05, 0.1) is 5.92 Å². The molecule has 0 aromatic heterocycles. The zero-order valence-electron chi connectivity index (χ0n) is 8.18. The molecule has 1 fully saturated rings. The van der Waals surface area contributed by atoms with Crippen LogP contribution in [0.1, 0.15) is 12.8 Å². The Kier molecular flexibility index (Phi) is 3.92. The number of hydrogen-bond donors (Lipinski definition) is 2. The fraction of sp³-hybridized carbons (Fsp3) is 0.875. The van der Waals surface area contributed by atoms with Gasteiger partial charge in [-0.25, -0.2) is 5.01 Å². The van der Waals surface area contributed by atoms with Crippen molar-refractivity contribution in [3.8, 4) is 0 Å². The van der Waals surface area contributed by atoms with E-state index in [0.717, 1.165) is 6.42 Å². The van der Waals surface area contributed by atoms with Crippen molar-refractivity contribution < 1.29 is 18.0 Å². The predicted octanol–water partition coefficient (Wildman–Crippen LogP) is 0.251. The van der Waals surface area contributed by atoms with Crippen LogP contribution in [0.15, 0.2) is 0 Å².